The lowest BCUT2D eigenvalue weighted by Gasteiger charge is -2.12. The largest absolute Gasteiger partial charge is 0.495 e. The van der Waals surface area contributed by atoms with Crippen molar-refractivity contribution in [1.29, 1.82) is 0 Å². The third-order valence-electron chi connectivity index (χ3n) is 2.64. The Hall–Kier alpha value is -2.12. The van der Waals surface area contributed by atoms with Gasteiger partial charge in [-0.1, -0.05) is 0 Å². The second-order valence-corrected chi connectivity index (χ2v) is 4.34. The second-order valence-electron chi connectivity index (χ2n) is 4.34. The number of methoxy groups -OCH3 is 2. The van der Waals surface area contributed by atoms with Crippen LogP contribution in [0.25, 0.3) is 0 Å². The molecular weight excluding hydrogens is 274 g/mol. The van der Waals surface area contributed by atoms with Gasteiger partial charge in [0.05, 0.1) is 12.8 Å². The van der Waals surface area contributed by atoms with Gasteiger partial charge in [0.1, 0.15) is 12.4 Å². The van der Waals surface area contributed by atoms with Crippen LogP contribution in [0.2, 0.25) is 0 Å². The van der Waals surface area contributed by atoms with Gasteiger partial charge in [-0.15, -0.1) is 0 Å². The Morgan fingerprint density at radius 1 is 1.19 bits per heavy atom. The summed E-state index contributed by atoms with van der Waals surface area (Å²) in [5.74, 6) is 0.0861. The van der Waals surface area contributed by atoms with Crippen LogP contribution >= 0.6 is 0 Å². The highest BCUT2D eigenvalue weighted by Gasteiger charge is 2.10. The van der Waals surface area contributed by atoms with Gasteiger partial charge in [0.2, 0.25) is 11.8 Å². The molecule has 0 aliphatic carbocycles. The molecule has 2 amide bonds. The molecule has 1 aromatic rings. The SMILES string of the molecule is COCC(=O)Nc1ccc(OC)c(NC(=O)CCCN)c1. The van der Waals surface area contributed by atoms with Gasteiger partial charge in [0.25, 0.3) is 0 Å². The predicted octanol–water partition coefficient (Wildman–Crippen LogP) is 0.957. The fraction of sp³-hybridized carbons (Fsp3) is 0.429. The van der Waals surface area contributed by atoms with E-state index in [0.29, 0.717) is 36.5 Å². The Kier molecular flexibility index (Phi) is 7.20. The van der Waals surface area contributed by atoms with Crippen molar-refractivity contribution in [1.82, 2.24) is 0 Å². The van der Waals surface area contributed by atoms with Crippen molar-refractivity contribution in [3.63, 3.8) is 0 Å². The van der Waals surface area contributed by atoms with Gasteiger partial charge in [-0.05, 0) is 31.2 Å². The summed E-state index contributed by atoms with van der Waals surface area (Å²) < 4.78 is 9.92. The Labute approximate surface area is 123 Å². The maximum absolute atomic E-state index is 11.7. The lowest BCUT2D eigenvalue weighted by Crippen LogP contribution is -2.18. The first-order chi connectivity index (χ1) is 10.1. The maximum Gasteiger partial charge on any atom is 0.250 e. The molecule has 0 radical (unpaired) electrons. The third-order valence-corrected chi connectivity index (χ3v) is 2.64. The zero-order valence-electron chi connectivity index (χ0n) is 12.3. The van der Waals surface area contributed by atoms with Gasteiger partial charge in [-0.3, -0.25) is 9.59 Å². The van der Waals surface area contributed by atoms with Crippen LogP contribution in [0.15, 0.2) is 18.2 Å². The van der Waals surface area contributed by atoms with Gasteiger partial charge >= 0.3 is 0 Å². The minimum absolute atomic E-state index is 0.0375. The molecule has 7 nitrogen and oxygen atoms in total. The first kappa shape index (κ1) is 16.9. The van der Waals surface area contributed by atoms with Gasteiger partial charge < -0.3 is 25.8 Å². The summed E-state index contributed by atoms with van der Waals surface area (Å²) in [5, 5.41) is 5.40. The van der Waals surface area contributed by atoms with E-state index in [1.807, 2.05) is 0 Å². The first-order valence-electron chi connectivity index (χ1n) is 6.57. The Morgan fingerprint density at radius 3 is 2.57 bits per heavy atom. The Bertz CT molecular complexity index is 491. The van der Waals surface area contributed by atoms with Crippen LogP contribution in [-0.2, 0) is 14.3 Å². The maximum atomic E-state index is 11.7. The van der Waals surface area contributed by atoms with Crippen LogP contribution in [0, 0.1) is 0 Å². The molecule has 116 valence electrons. The summed E-state index contributed by atoms with van der Waals surface area (Å²) in [7, 11) is 2.95. The van der Waals surface area contributed by atoms with E-state index in [-0.39, 0.29) is 18.4 Å². The lowest BCUT2D eigenvalue weighted by molar-refractivity contribution is -0.119. The van der Waals surface area contributed by atoms with E-state index in [9.17, 15) is 9.59 Å². The number of benzene rings is 1. The fourth-order valence-electron chi connectivity index (χ4n) is 1.69. The summed E-state index contributed by atoms with van der Waals surface area (Å²) in [6.07, 6.45) is 0.943. The van der Waals surface area contributed by atoms with E-state index >= 15 is 0 Å². The molecule has 0 aliphatic heterocycles. The molecule has 21 heavy (non-hydrogen) atoms. The number of hydrogen-bond acceptors (Lipinski definition) is 5. The normalized spacial score (nSPS) is 10.0. The van der Waals surface area contributed by atoms with Crippen LogP contribution < -0.4 is 21.1 Å². The lowest BCUT2D eigenvalue weighted by atomic mass is 10.2. The van der Waals surface area contributed by atoms with E-state index < -0.39 is 0 Å². The highest BCUT2D eigenvalue weighted by molar-refractivity contribution is 5.95. The van der Waals surface area contributed by atoms with Gasteiger partial charge in [0.15, 0.2) is 0 Å². The summed E-state index contributed by atoms with van der Waals surface area (Å²) >= 11 is 0. The number of ether oxygens (including phenoxy) is 2. The number of carbonyl (C=O) groups excluding carboxylic acids is 2. The van der Waals surface area contributed by atoms with Crippen molar-refractivity contribution >= 4 is 23.2 Å². The topological polar surface area (TPSA) is 103 Å². The Balaban J connectivity index is 2.80. The minimum Gasteiger partial charge on any atom is -0.495 e. The molecule has 1 rings (SSSR count). The average Bonchev–Trinajstić information content (AvgIpc) is 2.45. The van der Waals surface area contributed by atoms with Crippen molar-refractivity contribution < 1.29 is 19.1 Å². The summed E-state index contributed by atoms with van der Waals surface area (Å²) in [6.45, 7) is 0.419. The number of hydrogen-bond donors (Lipinski definition) is 3. The third kappa shape index (κ3) is 5.80. The van der Waals surface area contributed by atoms with E-state index in [4.69, 9.17) is 15.2 Å². The molecule has 0 unspecified atom stereocenters. The van der Waals surface area contributed by atoms with E-state index in [1.165, 1.54) is 14.2 Å². The standard InChI is InChI=1S/C14H21N3O4/c1-20-9-14(19)16-10-5-6-12(21-2)11(8-10)17-13(18)4-3-7-15/h5-6,8H,3-4,7,9,15H2,1-2H3,(H,16,19)(H,17,18). The zero-order valence-corrected chi connectivity index (χ0v) is 12.3. The molecule has 0 bridgehead atoms. The van der Waals surface area contributed by atoms with Crippen LogP contribution in [0.1, 0.15) is 12.8 Å². The highest BCUT2D eigenvalue weighted by atomic mass is 16.5. The Morgan fingerprint density at radius 2 is 1.95 bits per heavy atom. The fourth-order valence-corrected chi connectivity index (χ4v) is 1.69. The number of carbonyl (C=O) groups is 2. The minimum atomic E-state index is -0.275. The molecule has 0 saturated carbocycles. The van der Waals surface area contributed by atoms with Crippen LogP contribution in [0.3, 0.4) is 0 Å². The van der Waals surface area contributed by atoms with Gasteiger partial charge in [0, 0.05) is 19.2 Å². The quantitative estimate of drug-likeness (QED) is 0.663. The van der Waals surface area contributed by atoms with E-state index in [1.54, 1.807) is 18.2 Å². The second kappa shape index (κ2) is 8.93. The van der Waals surface area contributed by atoms with Crippen molar-refractivity contribution in [3.05, 3.63) is 18.2 Å². The monoisotopic (exact) mass is 295 g/mol. The van der Waals surface area contributed by atoms with Crippen LogP contribution in [-0.4, -0.2) is 39.2 Å². The highest BCUT2D eigenvalue weighted by Crippen LogP contribution is 2.28. The molecule has 0 fully saturated rings. The molecule has 0 saturated heterocycles. The van der Waals surface area contributed by atoms with Crippen molar-refractivity contribution in [2.75, 3.05) is 38.0 Å². The summed E-state index contributed by atoms with van der Waals surface area (Å²) in [4.78, 5) is 23.2. The summed E-state index contributed by atoms with van der Waals surface area (Å²) in [6, 6.07) is 4.98. The zero-order chi connectivity index (χ0) is 15.7. The number of nitrogens with one attached hydrogen (secondary N) is 2. The van der Waals surface area contributed by atoms with Crippen molar-refractivity contribution in [3.8, 4) is 5.75 Å². The number of rotatable bonds is 8. The van der Waals surface area contributed by atoms with Gasteiger partial charge in [-0.25, -0.2) is 0 Å². The molecule has 0 heterocycles. The van der Waals surface area contributed by atoms with Crippen molar-refractivity contribution in [2.45, 2.75) is 12.8 Å². The average molecular weight is 295 g/mol. The number of anilines is 2. The van der Waals surface area contributed by atoms with E-state index in [0.717, 1.165) is 0 Å². The smallest absolute Gasteiger partial charge is 0.250 e. The molecule has 4 N–H and O–H groups in total. The molecule has 0 aliphatic rings. The molecule has 1 aromatic carbocycles. The molecule has 0 atom stereocenters. The number of amides is 2. The number of nitrogens with two attached hydrogens (primary N) is 1. The molecule has 0 aromatic heterocycles. The molecular formula is C14H21N3O4. The van der Waals surface area contributed by atoms with Crippen molar-refractivity contribution in [2.24, 2.45) is 5.73 Å². The van der Waals surface area contributed by atoms with Gasteiger partial charge in [-0.2, -0.15) is 0 Å². The molecule has 0 spiro atoms. The first-order valence-corrected chi connectivity index (χ1v) is 6.57. The predicted molar refractivity (Wildman–Crippen MR) is 80.4 cm³/mol. The molecule has 7 heteroatoms. The summed E-state index contributed by atoms with van der Waals surface area (Å²) in [5.41, 5.74) is 6.41. The van der Waals surface area contributed by atoms with Crippen LogP contribution in [0.4, 0.5) is 11.4 Å². The van der Waals surface area contributed by atoms with E-state index in [2.05, 4.69) is 10.6 Å². The van der Waals surface area contributed by atoms with Crippen LogP contribution in [0.5, 0.6) is 5.75 Å².